The Morgan fingerprint density at radius 2 is 2.45 bits per heavy atom. The molecule has 2 aromatic rings. The van der Waals surface area contributed by atoms with Gasteiger partial charge in [0, 0.05) is 0 Å². The number of aryl methyl sites for hydroxylation is 1. The Bertz CT molecular complexity index is 441. The number of hydrogen-bond donors (Lipinski definition) is 1. The van der Waals surface area contributed by atoms with Crippen molar-refractivity contribution in [2.24, 2.45) is 0 Å². The van der Waals surface area contributed by atoms with Crippen LogP contribution in [0.1, 0.15) is 5.76 Å². The molecule has 0 unspecified atom stereocenters. The van der Waals surface area contributed by atoms with E-state index in [1.165, 1.54) is 6.20 Å². The molecule has 4 heteroatoms. The molecule has 0 saturated carbocycles. The number of nitrogens with one attached hydrogen (secondary N) is 1. The predicted octanol–water partition coefficient (Wildman–Crippen LogP) is 0.825. The van der Waals surface area contributed by atoms with Gasteiger partial charge in [-0.3, -0.25) is 4.79 Å². The quantitative estimate of drug-likeness (QED) is 0.604. The molecule has 0 aliphatic rings. The fourth-order valence-corrected chi connectivity index (χ4v) is 1.02. The van der Waals surface area contributed by atoms with Gasteiger partial charge < -0.3 is 4.42 Å². The van der Waals surface area contributed by atoms with E-state index in [1.54, 1.807) is 13.0 Å². The second-order valence-electron chi connectivity index (χ2n) is 2.33. The van der Waals surface area contributed by atoms with Crippen LogP contribution in [-0.2, 0) is 0 Å². The molecule has 0 bridgehead atoms. The monoisotopic (exact) mass is 150 g/mol. The SMILES string of the molecule is Cc1cc2c(=O)[nH]ncc2o1. The highest BCUT2D eigenvalue weighted by molar-refractivity contribution is 5.75. The lowest BCUT2D eigenvalue weighted by Crippen LogP contribution is -2.05. The Morgan fingerprint density at radius 3 is 3.18 bits per heavy atom. The summed E-state index contributed by atoms with van der Waals surface area (Å²) in [5.41, 5.74) is 0.325. The minimum absolute atomic E-state index is 0.209. The number of furan rings is 1. The van der Waals surface area contributed by atoms with Crippen LogP contribution in [0.4, 0.5) is 0 Å². The largest absolute Gasteiger partial charge is 0.459 e. The van der Waals surface area contributed by atoms with Gasteiger partial charge in [-0.25, -0.2) is 5.10 Å². The van der Waals surface area contributed by atoms with Crippen molar-refractivity contribution in [1.29, 1.82) is 0 Å². The van der Waals surface area contributed by atoms with Gasteiger partial charge in [-0.2, -0.15) is 5.10 Å². The van der Waals surface area contributed by atoms with E-state index in [2.05, 4.69) is 10.2 Å². The first kappa shape index (κ1) is 6.15. The van der Waals surface area contributed by atoms with Crippen molar-refractivity contribution in [3.8, 4) is 0 Å². The lowest BCUT2D eigenvalue weighted by Gasteiger charge is -1.82. The Labute approximate surface area is 61.8 Å². The highest BCUT2D eigenvalue weighted by Crippen LogP contribution is 2.12. The molecule has 2 heterocycles. The Balaban J connectivity index is 3.02. The van der Waals surface area contributed by atoms with Crippen molar-refractivity contribution in [2.45, 2.75) is 6.92 Å². The zero-order valence-electron chi connectivity index (χ0n) is 5.92. The van der Waals surface area contributed by atoms with E-state index >= 15 is 0 Å². The molecule has 0 radical (unpaired) electrons. The molecule has 2 rings (SSSR count). The van der Waals surface area contributed by atoms with Crippen molar-refractivity contribution < 1.29 is 4.42 Å². The summed E-state index contributed by atoms with van der Waals surface area (Å²) in [7, 11) is 0. The second kappa shape index (κ2) is 1.95. The minimum Gasteiger partial charge on any atom is -0.459 e. The standard InChI is InChI=1S/C7H6N2O2/c1-4-2-5-6(11-4)3-8-9-7(5)10/h2-3H,1H3,(H,9,10). The van der Waals surface area contributed by atoms with Gasteiger partial charge >= 0.3 is 0 Å². The van der Waals surface area contributed by atoms with E-state index in [0.717, 1.165) is 5.76 Å². The summed E-state index contributed by atoms with van der Waals surface area (Å²) in [6.07, 6.45) is 1.49. The molecule has 0 atom stereocenters. The number of rotatable bonds is 0. The normalized spacial score (nSPS) is 10.6. The molecule has 0 aliphatic heterocycles. The first-order chi connectivity index (χ1) is 5.27. The Hall–Kier alpha value is -1.58. The summed E-state index contributed by atoms with van der Waals surface area (Å²) in [4.78, 5) is 11.0. The summed E-state index contributed by atoms with van der Waals surface area (Å²) < 4.78 is 5.17. The summed E-state index contributed by atoms with van der Waals surface area (Å²) in [5, 5.41) is 6.47. The fourth-order valence-electron chi connectivity index (χ4n) is 1.02. The third kappa shape index (κ3) is 0.832. The highest BCUT2D eigenvalue weighted by atomic mass is 16.3. The van der Waals surface area contributed by atoms with Gasteiger partial charge in [-0.15, -0.1) is 0 Å². The van der Waals surface area contributed by atoms with Crippen LogP contribution < -0.4 is 5.56 Å². The lowest BCUT2D eigenvalue weighted by atomic mass is 10.3. The van der Waals surface area contributed by atoms with Crippen LogP contribution in [0.2, 0.25) is 0 Å². The number of hydrogen-bond acceptors (Lipinski definition) is 3. The molecule has 11 heavy (non-hydrogen) atoms. The van der Waals surface area contributed by atoms with Crippen LogP contribution in [0.25, 0.3) is 11.0 Å². The van der Waals surface area contributed by atoms with Gasteiger partial charge in [0.2, 0.25) is 0 Å². The predicted molar refractivity (Wildman–Crippen MR) is 39.4 cm³/mol. The molecule has 0 fully saturated rings. The maximum atomic E-state index is 11.0. The molecule has 0 aromatic carbocycles. The highest BCUT2D eigenvalue weighted by Gasteiger charge is 2.02. The van der Waals surface area contributed by atoms with Crippen LogP contribution >= 0.6 is 0 Å². The number of fused-ring (bicyclic) bond motifs is 1. The summed E-state index contributed by atoms with van der Waals surface area (Å²) in [6, 6.07) is 1.69. The van der Waals surface area contributed by atoms with E-state index in [1.807, 2.05) is 0 Å². The molecular weight excluding hydrogens is 144 g/mol. The number of aromatic amines is 1. The average molecular weight is 150 g/mol. The van der Waals surface area contributed by atoms with Crippen molar-refractivity contribution in [1.82, 2.24) is 10.2 Å². The van der Waals surface area contributed by atoms with Crippen LogP contribution in [0.3, 0.4) is 0 Å². The smallest absolute Gasteiger partial charge is 0.275 e. The van der Waals surface area contributed by atoms with Crippen LogP contribution in [0.5, 0.6) is 0 Å². The van der Waals surface area contributed by atoms with Gasteiger partial charge in [0.05, 0.1) is 11.6 Å². The topological polar surface area (TPSA) is 58.9 Å². The van der Waals surface area contributed by atoms with Crippen molar-refractivity contribution in [3.05, 3.63) is 28.4 Å². The molecule has 1 N–H and O–H groups in total. The van der Waals surface area contributed by atoms with Crippen molar-refractivity contribution in [2.75, 3.05) is 0 Å². The van der Waals surface area contributed by atoms with Crippen molar-refractivity contribution in [3.63, 3.8) is 0 Å². The summed E-state index contributed by atoms with van der Waals surface area (Å²) in [5.74, 6) is 0.721. The van der Waals surface area contributed by atoms with E-state index in [4.69, 9.17) is 4.42 Å². The van der Waals surface area contributed by atoms with Crippen molar-refractivity contribution >= 4 is 11.0 Å². The zero-order chi connectivity index (χ0) is 7.84. The van der Waals surface area contributed by atoms with E-state index in [9.17, 15) is 4.79 Å². The summed E-state index contributed by atoms with van der Waals surface area (Å²) >= 11 is 0. The first-order valence-corrected chi connectivity index (χ1v) is 3.21. The third-order valence-corrected chi connectivity index (χ3v) is 1.48. The lowest BCUT2D eigenvalue weighted by molar-refractivity contribution is 0.576. The van der Waals surface area contributed by atoms with Crippen LogP contribution in [-0.4, -0.2) is 10.2 Å². The fraction of sp³-hybridized carbons (Fsp3) is 0.143. The molecule has 56 valence electrons. The van der Waals surface area contributed by atoms with Crippen LogP contribution in [0, 0.1) is 6.92 Å². The van der Waals surface area contributed by atoms with E-state index in [0.29, 0.717) is 11.0 Å². The molecule has 0 aliphatic carbocycles. The second-order valence-corrected chi connectivity index (χ2v) is 2.33. The van der Waals surface area contributed by atoms with Gasteiger partial charge in [0.1, 0.15) is 5.76 Å². The molecule has 0 spiro atoms. The third-order valence-electron chi connectivity index (χ3n) is 1.48. The van der Waals surface area contributed by atoms with E-state index in [-0.39, 0.29) is 5.56 Å². The zero-order valence-corrected chi connectivity index (χ0v) is 5.92. The number of nitrogens with zero attached hydrogens (tertiary/aromatic N) is 1. The number of aromatic nitrogens is 2. The number of H-pyrrole nitrogens is 1. The first-order valence-electron chi connectivity index (χ1n) is 3.21. The Morgan fingerprint density at radius 1 is 1.64 bits per heavy atom. The maximum absolute atomic E-state index is 11.0. The van der Waals surface area contributed by atoms with Gasteiger partial charge in [-0.05, 0) is 13.0 Å². The average Bonchev–Trinajstić information content (AvgIpc) is 2.31. The Kier molecular flexibility index (Phi) is 1.09. The van der Waals surface area contributed by atoms with Gasteiger partial charge in [0.15, 0.2) is 5.58 Å². The molecular formula is C7H6N2O2. The minimum atomic E-state index is -0.209. The van der Waals surface area contributed by atoms with Gasteiger partial charge in [0.25, 0.3) is 5.56 Å². The van der Waals surface area contributed by atoms with E-state index < -0.39 is 0 Å². The maximum Gasteiger partial charge on any atom is 0.275 e. The van der Waals surface area contributed by atoms with Gasteiger partial charge in [-0.1, -0.05) is 0 Å². The summed E-state index contributed by atoms with van der Waals surface area (Å²) in [6.45, 7) is 1.79. The molecule has 4 nitrogen and oxygen atoms in total. The van der Waals surface area contributed by atoms with Crippen LogP contribution in [0.15, 0.2) is 21.5 Å². The molecule has 0 saturated heterocycles. The molecule has 2 aromatic heterocycles. The molecule has 0 amide bonds.